The highest BCUT2D eigenvalue weighted by Gasteiger charge is 2.25. The summed E-state index contributed by atoms with van der Waals surface area (Å²) in [5.41, 5.74) is 0. The molecule has 15 heavy (non-hydrogen) atoms. The van der Waals surface area contributed by atoms with E-state index in [1.807, 2.05) is 13.8 Å². The number of nitrogens with zero attached hydrogens (tertiary/aromatic N) is 2. The van der Waals surface area contributed by atoms with E-state index in [-0.39, 0.29) is 0 Å². The Morgan fingerprint density at radius 1 is 1.27 bits per heavy atom. The molecule has 0 aliphatic carbocycles. The zero-order valence-corrected chi connectivity index (χ0v) is 11.3. The van der Waals surface area contributed by atoms with E-state index in [2.05, 4.69) is 30.7 Å². The molecule has 0 bridgehead atoms. The van der Waals surface area contributed by atoms with Crippen LogP contribution in [0.5, 0.6) is 0 Å². The molecule has 1 aliphatic rings. The maximum atomic E-state index is 5.21. The molecule has 1 saturated heterocycles. The van der Waals surface area contributed by atoms with Gasteiger partial charge in [0, 0.05) is 38.8 Å². The fourth-order valence-corrected chi connectivity index (χ4v) is 1.81. The summed E-state index contributed by atoms with van der Waals surface area (Å²) in [4.78, 5) is 4.91. The first-order valence-electron chi connectivity index (χ1n) is 6.08. The first-order chi connectivity index (χ1) is 7.15. The quantitative estimate of drug-likeness (QED) is 0.714. The van der Waals surface area contributed by atoms with Gasteiger partial charge in [-0.05, 0) is 20.9 Å². The number of ether oxygens (including phenoxy) is 1. The molecule has 1 atom stereocenters. The van der Waals surface area contributed by atoms with Crippen molar-refractivity contribution in [3.8, 4) is 0 Å². The van der Waals surface area contributed by atoms with Crippen molar-refractivity contribution >= 4 is 0 Å². The van der Waals surface area contributed by atoms with Crippen molar-refractivity contribution in [1.82, 2.24) is 9.80 Å². The van der Waals surface area contributed by atoms with Gasteiger partial charge in [0.25, 0.3) is 0 Å². The fourth-order valence-electron chi connectivity index (χ4n) is 1.81. The number of hydrogen-bond acceptors (Lipinski definition) is 3. The largest absolute Gasteiger partial charge is 0.383 e. The minimum Gasteiger partial charge on any atom is -0.383 e. The molecule has 3 heteroatoms. The highest BCUT2D eigenvalue weighted by molar-refractivity contribution is 4.81. The maximum Gasteiger partial charge on any atom is 0.0630 e. The van der Waals surface area contributed by atoms with Gasteiger partial charge in [0.15, 0.2) is 0 Å². The van der Waals surface area contributed by atoms with Crippen LogP contribution in [0.3, 0.4) is 0 Å². The molecule has 1 heterocycles. The van der Waals surface area contributed by atoms with E-state index in [1.165, 1.54) is 6.54 Å². The molecule has 0 saturated carbocycles. The Morgan fingerprint density at radius 2 is 1.87 bits per heavy atom. The summed E-state index contributed by atoms with van der Waals surface area (Å²) in [5, 5.41) is 0. The van der Waals surface area contributed by atoms with Crippen LogP contribution in [0.25, 0.3) is 0 Å². The highest BCUT2D eigenvalue weighted by atomic mass is 16.5. The summed E-state index contributed by atoms with van der Waals surface area (Å²) in [6.07, 6.45) is 0. The molecule has 92 valence electrons. The van der Waals surface area contributed by atoms with Crippen LogP contribution in [0.1, 0.15) is 27.7 Å². The first kappa shape index (κ1) is 14.9. The van der Waals surface area contributed by atoms with E-state index < -0.39 is 0 Å². The zero-order valence-electron chi connectivity index (χ0n) is 11.3. The van der Waals surface area contributed by atoms with Gasteiger partial charge in [-0.25, -0.2) is 0 Å². The Hall–Kier alpha value is -0.120. The highest BCUT2D eigenvalue weighted by Crippen LogP contribution is 2.10. The van der Waals surface area contributed by atoms with Crippen molar-refractivity contribution in [3.63, 3.8) is 0 Å². The molecular formula is C12H28N2O. The van der Waals surface area contributed by atoms with Gasteiger partial charge in [0.05, 0.1) is 6.61 Å². The molecular weight excluding hydrogens is 188 g/mol. The van der Waals surface area contributed by atoms with Gasteiger partial charge in [-0.2, -0.15) is 0 Å². The van der Waals surface area contributed by atoms with Crippen molar-refractivity contribution in [2.45, 2.75) is 39.8 Å². The van der Waals surface area contributed by atoms with Crippen LogP contribution in [-0.4, -0.2) is 62.3 Å². The van der Waals surface area contributed by atoms with E-state index in [0.29, 0.717) is 12.1 Å². The van der Waals surface area contributed by atoms with Gasteiger partial charge in [-0.3, -0.25) is 9.80 Å². The Morgan fingerprint density at radius 3 is 2.33 bits per heavy atom. The molecule has 1 aliphatic heterocycles. The van der Waals surface area contributed by atoms with Crippen LogP contribution < -0.4 is 0 Å². The Labute approximate surface area is 95.4 Å². The van der Waals surface area contributed by atoms with E-state index in [0.717, 1.165) is 19.7 Å². The lowest BCUT2D eigenvalue weighted by Gasteiger charge is -2.41. The summed E-state index contributed by atoms with van der Waals surface area (Å²) in [6, 6.07) is 1.23. The molecule has 0 aromatic rings. The lowest BCUT2D eigenvalue weighted by atomic mass is 10.1. The molecule has 1 rings (SSSR count). The fraction of sp³-hybridized carbons (Fsp3) is 1.00. The monoisotopic (exact) mass is 216 g/mol. The van der Waals surface area contributed by atoms with Gasteiger partial charge < -0.3 is 4.74 Å². The molecule has 0 amide bonds. The van der Waals surface area contributed by atoms with Crippen molar-refractivity contribution in [2.75, 3.05) is 40.4 Å². The van der Waals surface area contributed by atoms with Crippen molar-refractivity contribution in [1.29, 1.82) is 0 Å². The van der Waals surface area contributed by atoms with E-state index >= 15 is 0 Å². The number of likely N-dealkylation sites (N-methyl/N-ethyl adjacent to an activating group) is 1. The normalized spacial score (nSPS) is 23.8. The summed E-state index contributed by atoms with van der Waals surface area (Å²) >= 11 is 0. The van der Waals surface area contributed by atoms with Crippen LogP contribution in [0.4, 0.5) is 0 Å². The lowest BCUT2D eigenvalue weighted by molar-refractivity contribution is 0.0286. The second-order valence-corrected chi connectivity index (χ2v) is 4.18. The topological polar surface area (TPSA) is 15.7 Å². The Kier molecular flexibility index (Phi) is 8.02. The molecule has 0 spiro atoms. The van der Waals surface area contributed by atoms with Crippen molar-refractivity contribution < 1.29 is 4.74 Å². The summed E-state index contributed by atoms with van der Waals surface area (Å²) in [6.45, 7) is 12.9. The molecule has 0 aromatic carbocycles. The van der Waals surface area contributed by atoms with Crippen molar-refractivity contribution in [3.05, 3.63) is 0 Å². The Balaban J connectivity index is 0.000000921. The van der Waals surface area contributed by atoms with Gasteiger partial charge >= 0.3 is 0 Å². The summed E-state index contributed by atoms with van der Waals surface area (Å²) in [7, 11) is 3.96. The third-order valence-corrected chi connectivity index (χ3v) is 2.90. The average Bonchev–Trinajstić information content (AvgIpc) is 2.24. The van der Waals surface area contributed by atoms with Gasteiger partial charge in [-0.1, -0.05) is 13.8 Å². The SMILES string of the molecule is CC.COCC1CN(C(C)C)CCN1C. The summed E-state index contributed by atoms with van der Waals surface area (Å²) < 4.78 is 5.21. The van der Waals surface area contributed by atoms with Crippen molar-refractivity contribution in [2.24, 2.45) is 0 Å². The number of rotatable bonds is 3. The van der Waals surface area contributed by atoms with Gasteiger partial charge in [-0.15, -0.1) is 0 Å². The molecule has 1 fully saturated rings. The molecule has 3 nitrogen and oxygen atoms in total. The summed E-state index contributed by atoms with van der Waals surface area (Å²) in [5.74, 6) is 0. The minimum atomic E-state index is 0.571. The van der Waals surface area contributed by atoms with Crippen LogP contribution in [0.2, 0.25) is 0 Å². The Bertz CT molecular complexity index is 151. The van der Waals surface area contributed by atoms with Crippen LogP contribution in [-0.2, 0) is 4.74 Å². The predicted octanol–water partition coefficient (Wildman–Crippen LogP) is 1.68. The lowest BCUT2D eigenvalue weighted by Crippen LogP contribution is -2.54. The maximum absolute atomic E-state index is 5.21. The average molecular weight is 216 g/mol. The van der Waals surface area contributed by atoms with Crippen LogP contribution in [0.15, 0.2) is 0 Å². The number of methoxy groups -OCH3 is 1. The van der Waals surface area contributed by atoms with Gasteiger partial charge in [0.1, 0.15) is 0 Å². The molecule has 0 N–H and O–H groups in total. The molecule has 0 radical (unpaired) electrons. The third-order valence-electron chi connectivity index (χ3n) is 2.90. The first-order valence-corrected chi connectivity index (χ1v) is 6.08. The standard InChI is InChI=1S/C10H22N2O.C2H6/c1-9(2)12-6-5-11(3)10(7-12)8-13-4;1-2/h9-10H,5-8H2,1-4H3;1-2H3. The van der Waals surface area contributed by atoms with Crippen LogP contribution >= 0.6 is 0 Å². The van der Waals surface area contributed by atoms with E-state index in [1.54, 1.807) is 7.11 Å². The predicted molar refractivity (Wildman–Crippen MR) is 66.4 cm³/mol. The molecule has 1 unspecified atom stereocenters. The second-order valence-electron chi connectivity index (χ2n) is 4.18. The second kappa shape index (κ2) is 8.08. The smallest absolute Gasteiger partial charge is 0.0630 e. The number of hydrogen-bond donors (Lipinski definition) is 0. The van der Waals surface area contributed by atoms with Gasteiger partial charge in [0.2, 0.25) is 0 Å². The number of piperazine rings is 1. The molecule has 0 aromatic heterocycles. The zero-order chi connectivity index (χ0) is 11.8. The third kappa shape index (κ3) is 4.96. The van der Waals surface area contributed by atoms with E-state index in [9.17, 15) is 0 Å². The minimum absolute atomic E-state index is 0.571. The van der Waals surface area contributed by atoms with E-state index in [4.69, 9.17) is 4.74 Å². The van der Waals surface area contributed by atoms with Crippen LogP contribution in [0, 0.1) is 0 Å².